The second kappa shape index (κ2) is 3.58. The van der Waals surface area contributed by atoms with Crippen LogP contribution in [0.3, 0.4) is 0 Å². The van der Waals surface area contributed by atoms with E-state index in [2.05, 4.69) is 14.9 Å². The fourth-order valence-corrected chi connectivity index (χ4v) is 0.966. The number of ether oxygens (including phenoxy) is 2. The Morgan fingerprint density at radius 1 is 1.64 bits per heavy atom. The van der Waals surface area contributed by atoms with Gasteiger partial charge in [0.2, 0.25) is 0 Å². The van der Waals surface area contributed by atoms with Crippen molar-refractivity contribution in [1.29, 1.82) is 0 Å². The van der Waals surface area contributed by atoms with E-state index < -0.39 is 10.7 Å². The van der Waals surface area contributed by atoms with Crippen LogP contribution in [0.25, 0.3) is 0 Å². The van der Waals surface area contributed by atoms with E-state index in [0.717, 1.165) is 6.42 Å². The van der Waals surface area contributed by atoms with Gasteiger partial charge >= 0.3 is 11.7 Å². The molecule has 1 aromatic heterocycles. The molecule has 0 saturated carbocycles. The summed E-state index contributed by atoms with van der Waals surface area (Å²) >= 11 is 0. The quantitative estimate of drug-likeness (QED) is 0.504. The first kappa shape index (κ1) is 8.88. The average Bonchev–Trinajstić information content (AvgIpc) is 2.49. The zero-order valence-corrected chi connectivity index (χ0v) is 7.08. The lowest BCUT2D eigenvalue weighted by Crippen LogP contribution is -2.32. The molecule has 14 heavy (non-hydrogen) atoms. The maximum Gasteiger partial charge on any atom is 0.478 e. The molecule has 76 valence electrons. The summed E-state index contributed by atoms with van der Waals surface area (Å²) in [5, 5.41) is 16.7. The standard InChI is InChI=1S/C6H7N3O5/c10-9(11)5-6(8-14-7-5)13-3-4-1-2-12-4/h4H,1-3H2. The number of nitro groups is 1. The molecule has 1 aliphatic rings. The molecular formula is C6H7N3O5. The molecule has 0 aromatic carbocycles. The first-order chi connectivity index (χ1) is 6.77. The molecule has 0 spiro atoms. The molecule has 2 rings (SSSR count). The third-order valence-corrected chi connectivity index (χ3v) is 1.81. The predicted molar refractivity (Wildman–Crippen MR) is 40.8 cm³/mol. The van der Waals surface area contributed by atoms with Crippen molar-refractivity contribution in [3.05, 3.63) is 10.1 Å². The summed E-state index contributed by atoms with van der Waals surface area (Å²) in [6, 6.07) is 0. The highest BCUT2D eigenvalue weighted by molar-refractivity contribution is 5.28. The highest BCUT2D eigenvalue weighted by Crippen LogP contribution is 2.22. The lowest BCUT2D eigenvalue weighted by Gasteiger charge is -2.25. The molecule has 0 amide bonds. The fraction of sp³-hybridized carbons (Fsp3) is 0.667. The third-order valence-electron chi connectivity index (χ3n) is 1.81. The minimum Gasteiger partial charge on any atom is -0.467 e. The average molecular weight is 201 g/mol. The topological polar surface area (TPSA) is 101 Å². The molecule has 8 heteroatoms. The Bertz CT molecular complexity index is 334. The smallest absolute Gasteiger partial charge is 0.467 e. The van der Waals surface area contributed by atoms with E-state index in [-0.39, 0.29) is 18.6 Å². The van der Waals surface area contributed by atoms with E-state index in [0.29, 0.717) is 6.61 Å². The SMILES string of the molecule is O=[N+]([O-])c1nonc1OCC1CCO1. The number of hydrogen-bond donors (Lipinski definition) is 0. The van der Waals surface area contributed by atoms with E-state index in [1.165, 1.54) is 0 Å². The van der Waals surface area contributed by atoms with Crippen LogP contribution in [0.5, 0.6) is 5.88 Å². The third kappa shape index (κ3) is 1.64. The van der Waals surface area contributed by atoms with E-state index in [1.807, 2.05) is 0 Å². The molecule has 1 unspecified atom stereocenters. The lowest BCUT2D eigenvalue weighted by atomic mass is 10.2. The highest BCUT2D eigenvalue weighted by Gasteiger charge is 2.26. The summed E-state index contributed by atoms with van der Waals surface area (Å²) in [5.41, 5.74) is 0. The summed E-state index contributed by atoms with van der Waals surface area (Å²) in [7, 11) is 0. The number of nitrogens with zero attached hydrogens (tertiary/aromatic N) is 3. The van der Waals surface area contributed by atoms with Gasteiger partial charge in [-0.3, -0.25) is 0 Å². The van der Waals surface area contributed by atoms with E-state index >= 15 is 0 Å². The second-order valence-corrected chi connectivity index (χ2v) is 2.74. The second-order valence-electron chi connectivity index (χ2n) is 2.74. The summed E-state index contributed by atoms with van der Waals surface area (Å²) in [6.07, 6.45) is 0.880. The Labute approximate surface area is 77.9 Å². The summed E-state index contributed by atoms with van der Waals surface area (Å²) in [4.78, 5) is 9.63. The van der Waals surface area contributed by atoms with E-state index in [4.69, 9.17) is 9.47 Å². The zero-order valence-electron chi connectivity index (χ0n) is 7.08. The highest BCUT2D eigenvalue weighted by atomic mass is 16.7. The normalized spacial score (nSPS) is 20.1. The van der Waals surface area contributed by atoms with E-state index in [1.54, 1.807) is 0 Å². The van der Waals surface area contributed by atoms with Crippen LogP contribution < -0.4 is 4.74 Å². The van der Waals surface area contributed by atoms with Crippen LogP contribution in [0.1, 0.15) is 6.42 Å². The van der Waals surface area contributed by atoms with Crippen LogP contribution in [0.4, 0.5) is 5.82 Å². The van der Waals surface area contributed by atoms with Crippen molar-refractivity contribution in [1.82, 2.24) is 10.3 Å². The minimum absolute atomic E-state index is 0.00805. The molecule has 1 saturated heterocycles. The van der Waals surface area contributed by atoms with E-state index in [9.17, 15) is 10.1 Å². The van der Waals surface area contributed by atoms with Crippen molar-refractivity contribution in [2.24, 2.45) is 0 Å². The van der Waals surface area contributed by atoms with Gasteiger partial charge in [0.15, 0.2) is 5.16 Å². The van der Waals surface area contributed by atoms with Crippen molar-refractivity contribution in [3.63, 3.8) is 0 Å². The Morgan fingerprint density at radius 3 is 3.00 bits per heavy atom. The molecule has 2 heterocycles. The van der Waals surface area contributed by atoms with Crippen LogP contribution in [0.15, 0.2) is 4.63 Å². The van der Waals surface area contributed by atoms with Crippen molar-refractivity contribution in [2.45, 2.75) is 12.5 Å². The number of aromatic nitrogens is 2. The van der Waals surface area contributed by atoms with Crippen molar-refractivity contribution in [3.8, 4) is 5.88 Å². The van der Waals surface area contributed by atoms with Crippen LogP contribution in [0, 0.1) is 10.1 Å². The molecular weight excluding hydrogens is 194 g/mol. The molecule has 1 atom stereocenters. The van der Waals surface area contributed by atoms with Gasteiger partial charge in [-0.1, -0.05) is 0 Å². The molecule has 8 nitrogen and oxygen atoms in total. The summed E-state index contributed by atoms with van der Waals surface area (Å²) in [6.45, 7) is 0.933. The number of hydrogen-bond acceptors (Lipinski definition) is 7. The summed E-state index contributed by atoms with van der Waals surface area (Å²) in [5.74, 6) is -0.713. The van der Waals surface area contributed by atoms with Gasteiger partial charge < -0.3 is 19.6 Å². The summed E-state index contributed by atoms with van der Waals surface area (Å²) < 4.78 is 14.2. The van der Waals surface area contributed by atoms with Gasteiger partial charge in [-0.25, -0.2) is 0 Å². The van der Waals surface area contributed by atoms with Crippen molar-refractivity contribution in [2.75, 3.05) is 13.2 Å². The van der Waals surface area contributed by atoms with Gasteiger partial charge in [0.1, 0.15) is 6.61 Å². The van der Waals surface area contributed by atoms with Gasteiger partial charge in [-0.15, -0.1) is 4.63 Å². The van der Waals surface area contributed by atoms with Crippen LogP contribution in [-0.2, 0) is 4.74 Å². The molecule has 1 aliphatic heterocycles. The monoisotopic (exact) mass is 201 g/mol. The molecule has 0 N–H and O–H groups in total. The molecule has 1 aromatic rings. The molecule has 1 fully saturated rings. The van der Waals surface area contributed by atoms with Crippen molar-refractivity contribution < 1.29 is 19.0 Å². The lowest BCUT2D eigenvalue weighted by molar-refractivity contribution is -0.391. The van der Waals surface area contributed by atoms with Crippen LogP contribution in [-0.4, -0.2) is 34.6 Å². The number of rotatable bonds is 4. The van der Waals surface area contributed by atoms with Gasteiger partial charge in [0.25, 0.3) is 0 Å². The Morgan fingerprint density at radius 2 is 2.43 bits per heavy atom. The maximum atomic E-state index is 10.3. The maximum absolute atomic E-state index is 10.3. The molecule has 0 bridgehead atoms. The predicted octanol–water partition coefficient (Wildman–Crippen LogP) is 0.145. The molecule has 0 aliphatic carbocycles. The Hall–Kier alpha value is -1.70. The van der Waals surface area contributed by atoms with Gasteiger partial charge in [-0.2, -0.15) is 0 Å². The first-order valence-corrected chi connectivity index (χ1v) is 3.98. The molecule has 0 radical (unpaired) electrons. The fourth-order valence-electron chi connectivity index (χ4n) is 0.966. The van der Waals surface area contributed by atoms with Crippen LogP contribution in [0.2, 0.25) is 0 Å². The van der Waals surface area contributed by atoms with Crippen molar-refractivity contribution >= 4 is 5.82 Å². The first-order valence-electron chi connectivity index (χ1n) is 3.98. The zero-order chi connectivity index (χ0) is 9.97. The van der Waals surface area contributed by atoms with Crippen LogP contribution >= 0.6 is 0 Å². The Balaban J connectivity index is 1.94. The minimum atomic E-state index is -0.715. The largest absolute Gasteiger partial charge is 0.478 e. The van der Waals surface area contributed by atoms with Gasteiger partial charge in [-0.05, 0) is 4.92 Å². The Kier molecular flexibility index (Phi) is 2.27. The van der Waals surface area contributed by atoms with Gasteiger partial charge in [0, 0.05) is 18.2 Å². The van der Waals surface area contributed by atoms with Gasteiger partial charge in [0.05, 0.1) is 6.10 Å².